The molecule has 0 saturated carbocycles. The Balaban J connectivity index is 2.06. The first-order chi connectivity index (χ1) is 10.1. The molecule has 2 N–H and O–H groups in total. The summed E-state index contributed by atoms with van der Waals surface area (Å²) in [6.07, 6.45) is 1.35. The third-order valence-corrected chi connectivity index (χ3v) is 3.49. The van der Waals surface area contributed by atoms with E-state index in [9.17, 15) is 9.59 Å². The summed E-state index contributed by atoms with van der Waals surface area (Å²) in [7, 11) is 0. The van der Waals surface area contributed by atoms with Gasteiger partial charge >= 0.3 is 0 Å². The molecule has 0 saturated heterocycles. The fourth-order valence-corrected chi connectivity index (χ4v) is 2.55. The summed E-state index contributed by atoms with van der Waals surface area (Å²) >= 11 is 1.38. The lowest BCUT2D eigenvalue weighted by atomic mass is 10.1. The maximum atomic E-state index is 11.5. The zero-order chi connectivity index (χ0) is 15.2. The number of carbonyl (C=O) groups is 2. The number of thiazole rings is 1. The van der Waals surface area contributed by atoms with Gasteiger partial charge in [-0.05, 0) is 18.6 Å². The van der Waals surface area contributed by atoms with Crippen molar-refractivity contribution in [1.29, 1.82) is 0 Å². The highest BCUT2D eigenvalue weighted by molar-refractivity contribution is 7.14. The first kappa shape index (κ1) is 15.2. The van der Waals surface area contributed by atoms with E-state index in [0.29, 0.717) is 11.6 Å². The van der Waals surface area contributed by atoms with Gasteiger partial charge in [-0.2, -0.15) is 0 Å². The molecule has 1 aromatic carbocycles. The van der Waals surface area contributed by atoms with Crippen LogP contribution in [0.4, 0.5) is 10.8 Å². The number of carbonyl (C=O) groups excluding carboxylic acids is 2. The van der Waals surface area contributed by atoms with Gasteiger partial charge in [0.15, 0.2) is 5.13 Å². The second kappa shape index (κ2) is 6.99. The van der Waals surface area contributed by atoms with Gasteiger partial charge in [0.25, 0.3) is 0 Å². The predicted octanol–water partition coefficient (Wildman–Crippen LogP) is 3.51. The number of rotatable bonds is 5. The number of nitrogens with one attached hydrogen (secondary N) is 2. The maximum absolute atomic E-state index is 11.5. The van der Waals surface area contributed by atoms with Gasteiger partial charge in [-0.1, -0.05) is 19.1 Å². The number of hydrogen-bond donors (Lipinski definition) is 2. The van der Waals surface area contributed by atoms with Gasteiger partial charge in [0, 0.05) is 30.0 Å². The topological polar surface area (TPSA) is 71.1 Å². The van der Waals surface area contributed by atoms with Crippen LogP contribution in [0.3, 0.4) is 0 Å². The van der Waals surface area contributed by atoms with Crippen LogP contribution in [0.25, 0.3) is 11.3 Å². The Morgan fingerprint density at radius 2 is 1.90 bits per heavy atom. The monoisotopic (exact) mass is 303 g/mol. The number of hydrogen-bond acceptors (Lipinski definition) is 4. The zero-order valence-electron chi connectivity index (χ0n) is 12.0. The first-order valence-electron chi connectivity index (χ1n) is 6.72. The number of aromatic nitrogens is 1. The molecule has 0 fully saturated rings. The molecule has 0 unspecified atom stereocenters. The molecule has 2 aromatic rings. The third kappa shape index (κ3) is 4.39. The Bertz CT molecular complexity index is 635. The van der Waals surface area contributed by atoms with E-state index in [2.05, 4.69) is 15.6 Å². The molecule has 2 amide bonds. The molecule has 0 aliphatic carbocycles. The predicted molar refractivity (Wildman–Crippen MR) is 85.4 cm³/mol. The van der Waals surface area contributed by atoms with Crippen LogP contribution >= 0.6 is 11.3 Å². The molecular weight excluding hydrogens is 286 g/mol. The molecule has 2 rings (SSSR count). The smallest absolute Gasteiger partial charge is 0.224 e. The van der Waals surface area contributed by atoms with E-state index in [0.717, 1.165) is 23.4 Å². The third-order valence-electron chi connectivity index (χ3n) is 2.73. The van der Waals surface area contributed by atoms with Crippen molar-refractivity contribution >= 4 is 34.0 Å². The minimum Gasteiger partial charge on any atom is -0.326 e. The largest absolute Gasteiger partial charge is 0.326 e. The van der Waals surface area contributed by atoms with E-state index in [-0.39, 0.29) is 11.8 Å². The zero-order valence-corrected chi connectivity index (χ0v) is 12.8. The molecule has 1 aromatic heterocycles. The Hall–Kier alpha value is -2.21. The molecule has 0 atom stereocenters. The highest BCUT2D eigenvalue weighted by Gasteiger charge is 2.06. The Morgan fingerprint density at radius 3 is 2.52 bits per heavy atom. The van der Waals surface area contributed by atoms with E-state index in [4.69, 9.17) is 0 Å². The second-order valence-electron chi connectivity index (χ2n) is 4.59. The summed E-state index contributed by atoms with van der Waals surface area (Å²) in [5, 5.41) is 7.96. The van der Waals surface area contributed by atoms with Crippen LogP contribution in [0.15, 0.2) is 29.6 Å². The average molecular weight is 303 g/mol. The number of amides is 2. The number of benzene rings is 1. The first-order valence-corrected chi connectivity index (χ1v) is 7.60. The van der Waals surface area contributed by atoms with Crippen LogP contribution in [0.2, 0.25) is 0 Å². The maximum Gasteiger partial charge on any atom is 0.224 e. The lowest BCUT2D eigenvalue weighted by molar-refractivity contribution is -0.116. The summed E-state index contributed by atoms with van der Waals surface area (Å²) in [5.41, 5.74) is 2.51. The molecule has 0 spiro atoms. The summed E-state index contributed by atoms with van der Waals surface area (Å²) in [6.45, 7) is 3.42. The van der Waals surface area contributed by atoms with Crippen molar-refractivity contribution in [2.24, 2.45) is 0 Å². The van der Waals surface area contributed by atoms with Crippen molar-refractivity contribution in [3.05, 3.63) is 29.6 Å². The molecule has 0 radical (unpaired) electrons. The Morgan fingerprint density at radius 1 is 1.19 bits per heavy atom. The minimum absolute atomic E-state index is 0.0202. The van der Waals surface area contributed by atoms with Crippen LogP contribution in [-0.2, 0) is 9.59 Å². The highest BCUT2D eigenvalue weighted by Crippen LogP contribution is 2.26. The fourth-order valence-electron chi connectivity index (χ4n) is 1.79. The summed E-state index contributed by atoms with van der Waals surface area (Å²) in [6, 6.07) is 7.49. The quantitative estimate of drug-likeness (QED) is 0.888. The van der Waals surface area contributed by atoms with Crippen LogP contribution in [0, 0.1) is 0 Å². The molecule has 5 nitrogen and oxygen atoms in total. The van der Waals surface area contributed by atoms with Gasteiger partial charge in [0.1, 0.15) is 0 Å². The van der Waals surface area contributed by atoms with E-state index in [1.54, 1.807) is 0 Å². The number of anilines is 2. The van der Waals surface area contributed by atoms with E-state index >= 15 is 0 Å². The Kier molecular flexibility index (Phi) is 5.05. The molecule has 0 bridgehead atoms. The lowest BCUT2D eigenvalue weighted by Gasteiger charge is -2.04. The van der Waals surface area contributed by atoms with Crippen LogP contribution in [0.1, 0.15) is 26.7 Å². The van der Waals surface area contributed by atoms with Gasteiger partial charge in [-0.3, -0.25) is 9.59 Å². The highest BCUT2D eigenvalue weighted by atomic mass is 32.1. The van der Waals surface area contributed by atoms with Crippen molar-refractivity contribution < 1.29 is 9.59 Å². The summed E-state index contributed by atoms with van der Waals surface area (Å²) < 4.78 is 0. The van der Waals surface area contributed by atoms with Gasteiger partial charge < -0.3 is 10.6 Å². The van der Waals surface area contributed by atoms with Crippen LogP contribution < -0.4 is 10.6 Å². The molecular formula is C15H17N3O2S. The molecule has 6 heteroatoms. The molecule has 0 aliphatic heterocycles. The van der Waals surface area contributed by atoms with Gasteiger partial charge in [0.2, 0.25) is 11.8 Å². The van der Waals surface area contributed by atoms with Crippen molar-refractivity contribution in [2.75, 3.05) is 10.6 Å². The lowest BCUT2D eigenvalue weighted by Crippen LogP contribution is -2.10. The minimum atomic E-state index is -0.134. The average Bonchev–Trinajstić information content (AvgIpc) is 2.87. The van der Waals surface area contributed by atoms with E-state index < -0.39 is 0 Å². The van der Waals surface area contributed by atoms with Gasteiger partial charge in [-0.25, -0.2) is 4.98 Å². The van der Waals surface area contributed by atoms with Gasteiger partial charge in [-0.15, -0.1) is 11.3 Å². The van der Waals surface area contributed by atoms with E-state index in [1.165, 1.54) is 18.3 Å². The molecule has 21 heavy (non-hydrogen) atoms. The number of nitrogens with zero attached hydrogens (tertiary/aromatic N) is 1. The summed E-state index contributed by atoms with van der Waals surface area (Å²) in [5.74, 6) is -0.114. The van der Waals surface area contributed by atoms with Gasteiger partial charge in [0.05, 0.1) is 5.69 Å². The van der Waals surface area contributed by atoms with Crippen molar-refractivity contribution in [1.82, 2.24) is 4.98 Å². The fraction of sp³-hybridized carbons (Fsp3) is 0.267. The van der Waals surface area contributed by atoms with Crippen molar-refractivity contribution in [2.45, 2.75) is 26.7 Å². The van der Waals surface area contributed by atoms with Crippen molar-refractivity contribution in [3.63, 3.8) is 0 Å². The standard InChI is InChI=1S/C15H17N3O2S/c1-3-4-14(20)17-12-7-5-11(6-8-12)13-9-21-15(18-13)16-10(2)19/h5-9H,3-4H2,1-2H3,(H,17,20)(H,16,18,19). The normalized spacial score (nSPS) is 10.2. The summed E-state index contributed by atoms with van der Waals surface area (Å²) in [4.78, 5) is 26.8. The molecule has 1 heterocycles. The van der Waals surface area contributed by atoms with E-state index in [1.807, 2.05) is 36.6 Å². The molecule has 110 valence electrons. The SMILES string of the molecule is CCCC(=O)Nc1ccc(-c2csc(NC(C)=O)n2)cc1. The van der Waals surface area contributed by atoms with Crippen molar-refractivity contribution in [3.8, 4) is 11.3 Å². The second-order valence-corrected chi connectivity index (χ2v) is 5.45. The Labute approximate surface area is 127 Å². The van der Waals surface area contributed by atoms with Crippen LogP contribution in [-0.4, -0.2) is 16.8 Å². The van der Waals surface area contributed by atoms with Crippen LogP contribution in [0.5, 0.6) is 0 Å². The molecule has 0 aliphatic rings.